The molecule has 0 bridgehead atoms. The number of thiophene rings is 1. The van der Waals surface area contributed by atoms with Crippen LogP contribution >= 0.6 is 11.3 Å². The van der Waals surface area contributed by atoms with E-state index in [-0.39, 0.29) is 30.8 Å². The van der Waals surface area contributed by atoms with Gasteiger partial charge in [-0.1, -0.05) is 12.7 Å². The third-order valence-electron chi connectivity index (χ3n) is 3.87. The standard InChI is InChI=1S/C18H24O5S/c1-3-9-22-17(20)16-11-15(13-7-10-24-12-13)14(6-5-8-19)18(23-16)21-4-2/h3,7,10-12,14-15,18-19H,1,4-6,8-9H2,2H3. The number of esters is 1. The Morgan fingerprint density at radius 2 is 2.38 bits per heavy atom. The number of aliphatic hydroxyl groups is 1. The summed E-state index contributed by atoms with van der Waals surface area (Å²) in [4.78, 5) is 12.2. The summed E-state index contributed by atoms with van der Waals surface area (Å²) in [7, 11) is 0. The minimum atomic E-state index is -0.539. The molecule has 0 aromatic carbocycles. The molecular formula is C18H24O5S. The molecule has 0 amide bonds. The molecule has 1 aromatic heterocycles. The second kappa shape index (κ2) is 9.61. The molecule has 1 N–H and O–H groups in total. The zero-order valence-electron chi connectivity index (χ0n) is 13.8. The monoisotopic (exact) mass is 352 g/mol. The van der Waals surface area contributed by atoms with Gasteiger partial charge in [-0.15, -0.1) is 0 Å². The Morgan fingerprint density at radius 3 is 3.00 bits per heavy atom. The van der Waals surface area contributed by atoms with E-state index in [1.807, 2.05) is 24.4 Å². The lowest BCUT2D eigenvalue weighted by atomic mass is 9.82. The average molecular weight is 352 g/mol. The van der Waals surface area contributed by atoms with E-state index in [1.165, 1.54) is 6.08 Å². The molecule has 0 fully saturated rings. The molecule has 1 aliphatic heterocycles. The van der Waals surface area contributed by atoms with Crippen LogP contribution in [-0.4, -0.2) is 37.2 Å². The van der Waals surface area contributed by atoms with Crippen molar-refractivity contribution in [3.05, 3.63) is 46.9 Å². The molecule has 6 heteroatoms. The first-order valence-electron chi connectivity index (χ1n) is 8.12. The van der Waals surface area contributed by atoms with Gasteiger partial charge in [0, 0.05) is 25.0 Å². The second-order valence-electron chi connectivity index (χ2n) is 5.47. The van der Waals surface area contributed by atoms with Crippen LogP contribution in [0.2, 0.25) is 0 Å². The lowest BCUT2D eigenvalue weighted by Gasteiger charge is -2.36. The number of allylic oxidation sites excluding steroid dienone is 1. The highest BCUT2D eigenvalue weighted by Crippen LogP contribution is 2.40. The third-order valence-corrected chi connectivity index (χ3v) is 4.57. The van der Waals surface area contributed by atoms with Crippen LogP contribution in [0.25, 0.3) is 0 Å². The Hall–Kier alpha value is -1.63. The normalized spacial score (nSPS) is 23.2. The Labute approximate surface area is 146 Å². The van der Waals surface area contributed by atoms with Crippen molar-refractivity contribution in [3.8, 4) is 0 Å². The van der Waals surface area contributed by atoms with Gasteiger partial charge < -0.3 is 19.3 Å². The van der Waals surface area contributed by atoms with Gasteiger partial charge in [-0.3, -0.25) is 0 Å². The van der Waals surface area contributed by atoms with E-state index in [9.17, 15) is 9.90 Å². The maximum atomic E-state index is 12.2. The van der Waals surface area contributed by atoms with Gasteiger partial charge in [0.15, 0.2) is 0 Å². The van der Waals surface area contributed by atoms with Gasteiger partial charge in [0.1, 0.15) is 6.61 Å². The fourth-order valence-corrected chi connectivity index (χ4v) is 3.51. The molecule has 2 rings (SSSR count). The van der Waals surface area contributed by atoms with Crippen LogP contribution in [0.3, 0.4) is 0 Å². The number of carbonyl (C=O) groups excluding carboxylic acids is 1. The number of hydrogen-bond acceptors (Lipinski definition) is 6. The van der Waals surface area contributed by atoms with Crippen LogP contribution in [0.15, 0.2) is 41.3 Å². The van der Waals surface area contributed by atoms with Crippen molar-refractivity contribution in [1.29, 1.82) is 0 Å². The van der Waals surface area contributed by atoms with Crippen molar-refractivity contribution in [2.24, 2.45) is 5.92 Å². The SMILES string of the molecule is C=CCOC(=O)C1=CC(c2ccsc2)C(CCCO)C(OCC)O1. The van der Waals surface area contributed by atoms with E-state index >= 15 is 0 Å². The van der Waals surface area contributed by atoms with Crippen molar-refractivity contribution < 1.29 is 24.1 Å². The molecule has 2 heterocycles. The van der Waals surface area contributed by atoms with E-state index in [1.54, 1.807) is 11.3 Å². The lowest BCUT2D eigenvalue weighted by molar-refractivity contribution is -0.175. The van der Waals surface area contributed by atoms with Crippen LogP contribution < -0.4 is 0 Å². The molecule has 3 atom stereocenters. The second-order valence-corrected chi connectivity index (χ2v) is 6.25. The zero-order chi connectivity index (χ0) is 17.4. The van der Waals surface area contributed by atoms with Crippen molar-refractivity contribution in [1.82, 2.24) is 0 Å². The predicted molar refractivity (Wildman–Crippen MR) is 92.6 cm³/mol. The molecule has 0 aliphatic carbocycles. The van der Waals surface area contributed by atoms with E-state index in [2.05, 4.69) is 12.0 Å². The molecule has 132 valence electrons. The molecule has 0 spiro atoms. The van der Waals surface area contributed by atoms with Crippen LogP contribution in [0.4, 0.5) is 0 Å². The number of rotatable bonds is 9. The fraction of sp³-hybridized carbons (Fsp3) is 0.500. The highest BCUT2D eigenvalue weighted by Gasteiger charge is 2.38. The van der Waals surface area contributed by atoms with Crippen molar-refractivity contribution in [2.45, 2.75) is 32.0 Å². The molecule has 0 radical (unpaired) electrons. The summed E-state index contributed by atoms with van der Waals surface area (Å²) in [6, 6.07) is 2.04. The summed E-state index contributed by atoms with van der Waals surface area (Å²) in [5.41, 5.74) is 1.12. The summed E-state index contributed by atoms with van der Waals surface area (Å²) in [5, 5.41) is 13.3. The van der Waals surface area contributed by atoms with Gasteiger partial charge in [0.05, 0.1) is 0 Å². The Bertz CT molecular complexity index is 552. The first kappa shape index (κ1) is 18.7. The van der Waals surface area contributed by atoms with Gasteiger partial charge >= 0.3 is 5.97 Å². The molecule has 1 aliphatic rings. The zero-order valence-corrected chi connectivity index (χ0v) is 14.7. The van der Waals surface area contributed by atoms with Crippen molar-refractivity contribution in [2.75, 3.05) is 19.8 Å². The summed E-state index contributed by atoms with van der Waals surface area (Å²) < 4.78 is 16.6. The van der Waals surface area contributed by atoms with Crippen LogP contribution in [0, 0.1) is 5.92 Å². The Balaban J connectivity index is 2.29. The van der Waals surface area contributed by atoms with Crippen molar-refractivity contribution in [3.63, 3.8) is 0 Å². The molecule has 5 nitrogen and oxygen atoms in total. The topological polar surface area (TPSA) is 65.0 Å². The number of hydrogen-bond donors (Lipinski definition) is 1. The fourth-order valence-electron chi connectivity index (χ4n) is 2.80. The highest BCUT2D eigenvalue weighted by atomic mass is 32.1. The van der Waals surface area contributed by atoms with Gasteiger partial charge in [0.25, 0.3) is 0 Å². The Kier molecular flexibility index (Phi) is 7.49. The maximum Gasteiger partial charge on any atom is 0.373 e. The molecule has 24 heavy (non-hydrogen) atoms. The maximum absolute atomic E-state index is 12.2. The van der Waals surface area contributed by atoms with Crippen LogP contribution in [0.1, 0.15) is 31.2 Å². The van der Waals surface area contributed by atoms with E-state index < -0.39 is 12.3 Å². The van der Waals surface area contributed by atoms with Crippen LogP contribution in [0.5, 0.6) is 0 Å². The van der Waals surface area contributed by atoms with Gasteiger partial charge in [-0.25, -0.2) is 4.79 Å². The summed E-state index contributed by atoms with van der Waals surface area (Å²) in [5.74, 6) is -0.325. The van der Waals surface area contributed by atoms with Gasteiger partial charge in [-0.05, 0) is 48.2 Å². The molecule has 0 saturated carbocycles. The first-order valence-corrected chi connectivity index (χ1v) is 9.06. The number of ether oxygens (including phenoxy) is 3. The van der Waals surface area contributed by atoms with Gasteiger partial charge in [-0.2, -0.15) is 11.3 Å². The lowest BCUT2D eigenvalue weighted by Crippen LogP contribution is -2.36. The quantitative estimate of drug-likeness (QED) is 0.546. The van der Waals surface area contributed by atoms with Crippen molar-refractivity contribution >= 4 is 17.3 Å². The van der Waals surface area contributed by atoms with Crippen LogP contribution in [-0.2, 0) is 19.0 Å². The minimum absolute atomic E-state index is 0.0145. The van der Waals surface area contributed by atoms with E-state index in [0.29, 0.717) is 13.0 Å². The first-order chi connectivity index (χ1) is 11.7. The summed E-state index contributed by atoms with van der Waals surface area (Å²) in [6.45, 7) is 6.16. The summed E-state index contributed by atoms with van der Waals surface area (Å²) >= 11 is 1.61. The molecule has 0 saturated heterocycles. The third kappa shape index (κ3) is 4.69. The largest absolute Gasteiger partial charge is 0.457 e. The smallest absolute Gasteiger partial charge is 0.373 e. The van der Waals surface area contributed by atoms with E-state index in [0.717, 1.165) is 12.0 Å². The van der Waals surface area contributed by atoms with E-state index in [4.69, 9.17) is 14.2 Å². The summed E-state index contributed by atoms with van der Waals surface area (Å²) in [6.07, 6.45) is 4.19. The average Bonchev–Trinajstić information content (AvgIpc) is 3.12. The Morgan fingerprint density at radius 1 is 1.54 bits per heavy atom. The molecule has 1 aromatic rings. The molecular weight excluding hydrogens is 328 g/mol. The molecule has 3 unspecified atom stereocenters. The number of aliphatic hydroxyl groups excluding tert-OH is 1. The van der Waals surface area contributed by atoms with Gasteiger partial charge in [0.2, 0.25) is 12.0 Å². The predicted octanol–water partition coefficient (Wildman–Crippen LogP) is 3.23. The number of carbonyl (C=O) groups is 1. The highest BCUT2D eigenvalue weighted by molar-refractivity contribution is 7.08. The minimum Gasteiger partial charge on any atom is -0.457 e.